The average molecular weight is 266 g/mol. The van der Waals surface area contributed by atoms with Crippen molar-refractivity contribution in [2.24, 2.45) is 0 Å². The Kier molecular flexibility index (Phi) is 3.80. The quantitative estimate of drug-likeness (QED) is 0.857. The molecule has 1 aliphatic carbocycles. The lowest BCUT2D eigenvalue weighted by Crippen LogP contribution is -2.38. The molecule has 1 unspecified atom stereocenters. The van der Waals surface area contributed by atoms with Gasteiger partial charge in [0.15, 0.2) is 0 Å². The zero-order valence-electron chi connectivity index (χ0n) is 11.1. The van der Waals surface area contributed by atoms with Crippen molar-refractivity contribution in [2.45, 2.75) is 57.5 Å². The lowest BCUT2D eigenvalue weighted by atomic mass is 10.2. The molecule has 1 aromatic heterocycles. The SMILES string of the molecule is CCCc1nsc(N(CC2CCCN2)C2CC2)n1. The summed E-state index contributed by atoms with van der Waals surface area (Å²) in [4.78, 5) is 7.21. The van der Waals surface area contributed by atoms with Gasteiger partial charge in [-0.15, -0.1) is 0 Å². The van der Waals surface area contributed by atoms with E-state index in [9.17, 15) is 0 Å². The van der Waals surface area contributed by atoms with E-state index < -0.39 is 0 Å². The fourth-order valence-electron chi connectivity index (χ4n) is 2.61. The Hall–Kier alpha value is -0.680. The number of anilines is 1. The molecule has 0 bridgehead atoms. The van der Waals surface area contributed by atoms with Gasteiger partial charge in [-0.05, 0) is 38.6 Å². The molecule has 0 radical (unpaired) electrons. The molecule has 0 spiro atoms. The molecule has 1 aliphatic heterocycles. The van der Waals surface area contributed by atoms with Crippen LogP contribution in [0.15, 0.2) is 0 Å². The van der Waals surface area contributed by atoms with Gasteiger partial charge in [-0.25, -0.2) is 4.98 Å². The van der Waals surface area contributed by atoms with Gasteiger partial charge in [0.25, 0.3) is 0 Å². The zero-order chi connectivity index (χ0) is 12.4. The molecule has 1 saturated carbocycles. The first-order valence-corrected chi connectivity index (χ1v) is 7.96. The second kappa shape index (κ2) is 5.53. The van der Waals surface area contributed by atoms with E-state index in [1.165, 1.54) is 32.2 Å². The van der Waals surface area contributed by atoms with Crippen molar-refractivity contribution in [3.63, 3.8) is 0 Å². The second-order valence-electron chi connectivity index (χ2n) is 5.42. The van der Waals surface area contributed by atoms with Gasteiger partial charge in [0.1, 0.15) is 5.82 Å². The Balaban J connectivity index is 1.67. The maximum absolute atomic E-state index is 4.71. The number of aromatic nitrogens is 2. The summed E-state index contributed by atoms with van der Waals surface area (Å²) in [7, 11) is 0. The average Bonchev–Trinajstić information content (AvgIpc) is 2.89. The predicted octanol–water partition coefficient (Wildman–Crippen LogP) is 2.21. The van der Waals surface area contributed by atoms with E-state index in [-0.39, 0.29) is 0 Å². The zero-order valence-corrected chi connectivity index (χ0v) is 11.9. The molecule has 2 fully saturated rings. The van der Waals surface area contributed by atoms with Crippen LogP contribution in [-0.4, -0.2) is 34.5 Å². The topological polar surface area (TPSA) is 41.1 Å². The number of rotatable bonds is 6. The predicted molar refractivity (Wildman–Crippen MR) is 75.3 cm³/mol. The highest BCUT2D eigenvalue weighted by molar-refractivity contribution is 7.09. The molecule has 2 aliphatic rings. The summed E-state index contributed by atoms with van der Waals surface area (Å²) in [6.45, 7) is 4.48. The maximum atomic E-state index is 4.71. The maximum Gasteiger partial charge on any atom is 0.205 e. The molecule has 2 heterocycles. The Labute approximate surface area is 113 Å². The van der Waals surface area contributed by atoms with Gasteiger partial charge in [-0.3, -0.25) is 0 Å². The fraction of sp³-hybridized carbons (Fsp3) is 0.846. The molecule has 1 N–H and O–H groups in total. The number of nitrogens with one attached hydrogen (secondary N) is 1. The van der Waals surface area contributed by atoms with Gasteiger partial charge in [0.05, 0.1) is 0 Å². The molecule has 1 saturated heterocycles. The monoisotopic (exact) mass is 266 g/mol. The first-order valence-electron chi connectivity index (χ1n) is 7.19. The van der Waals surface area contributed by atoms with Crippen molar-refractivity contribution in [3.8, 4) is 0 Å². The first-order chi connectivity index (χ1) is 8.86. The van der Waals surface area contributed by atoms with E-state index in [0.717, 1.165) is 36.4 Å². The molecular weight excluding hydrogens is 244 g/mol. The summed E-state index contributed by atoms with van der Waals surface area (Å²) >= 11 is 1.59. The van der Waals surface area contributed by atoms with Gasteiger partial charge in [0, 0.05) is 36.6 Å². The second-order valence-corrected chi connectivity index (χ2v) is 6.15. The van der Waals surface area contributed by atoms with E-state index >= 15 is 0 Å². The van der Waals surface area contributed by atoms with Crippen LogP contribution in [0.25, 0.3) is 0 Å². The third-order valence-electron chi connectivity index (χ3n) is 3.74. The Morgan fingerprint density at radius 3 is 2.94 bits per heavy atom. The van der Waals surface area contributed by atoms with Crippen LogP contribution in [0.1, 0.15) is 44.9 Å². The van der Waals surface area contributed by atoms with E-state index in [4.69, 9.17) is 4.98 Å². The highest BCUT2D eigenvalue weighted by atomic mass is 32.1. The molecule has 0 amide bonds. The van der Waals surface area contributed by atoms with Crippen molar-refractivity contribution in [2.75, 3.05) is 18.0 Å². The van der Waals surface area contributed by atoms with E-state index in [1.54, 1.807) is 11.5 Å². The third-order valence-corrected chi connectivity index (χ3v) is 4.53. The Morgan fingerprint density at radius 1 is 1.39 bits per heavy atom. The van der Waals surface area contributed by atoms with Crippen LogP contribution in [0.5, 0.6) is 0 Å². The van der Waals surface area contributed by atoms with Gasteiger partial charge < -0.3 is 10.2 Å². The van der Waals surface area contributed by atoms with Crippen LogP contribution >= 0.6 is 11.5 Å². The lowest BCUT2D eigenvalue weighted by molar-refractivity contribution is 0.577. The smallest absolute Gasteiger partial charge is 0.205 e. The molecule has 3 rings (SSSR count). The largest absolute Gasteiger partial charge is 0.342 e. The van der Waals surface area contributed by atoms with Crippen molar-refractivity contribution in [3.05, 3.63) is 5.82 Å². The summed E-state index contributed by atoms with van der Waals surface area (Å²) in [5.41, 5.74) is 0. The summed E-state index contributed by atoms with van der Waals surface area (Å²) in [6.07, 6.45) is 7.43. The molecule has 5 heteroatoms. The van der Waals surface area contributed by atoms with E-state index in [1.807, 2.05) is 0 Å². The third kappa shape index (κ3) is 2.83. The van der Waals surface area contributed by atoms with Crippen LogP contribution in [0, 0.1) is 0 Å². The highest BCUT2D eigenvalue weighted by Crippen LogP contribution is 2.33. The van der Waals surface area contributed by atoms with Gasteiger partial charge in [-0.1, -0.05) is 6.92 Å². The van der Waals surface area contributed by atoms with Gasteiger partial charge in [-0.2, -0.15) is 4.37 Å². The molecule has 1 aromatic rings. The standard InChI is InChI=1S/C13H22N4S/c1-2-4-12-15-13(18-16-12)17(11-6-7-11)9-10-5-3-8-14-10/h10-11,14H,2-9H2,1H3. The van der Waals surface area contributed by atoms with Crippen molar-refractivity contribution in [1.82, 2.24) is 14.7 Å². The van der Waals surface area contributed by atoms with Crippen LogP contribution < -0.4 is 10.2 Å². The van der Waals surface area contributed by atoms with Gasteiger partial charge >= 0.3 is 0 Å². The highest BCUT2D eigenvalue weighted by Gasteiger charge is 2.33. The summed E-state index contributed by atoms with van der Waals surface area (Å²) in [6, 6.07) is 1.39. The first kappa shape index (κ1) is 12.4. The van der Waals surface area contributed by atoms with Crippen LogP contribution in [0.2, 0.25) is 0 Å². The number of hydrogen-bond donors (Lipinski definition) is 1. The Morgan fingerprint density at radius 2 is 2.28 bits per heavy atom. The van der Waals surface area contributed by atoms with Crippen molar-refractivity contribution < 1.29 is 0 Å². The number of hydrogen-bond acceptors (Lipinski definition) is 5. The lowest BCUT2D eigenvalue weighted by Gasteiger charge is -2.24. The minimum Gasteiger partial charge on any atom is -0.342 e. The van der Waals surface area contributed by atoms with E-state index in [2.05, 4.69) is 21.5 Å². The molecular formula is C13H22N4S. The fourth-order valence-corrected chi connectivity index (χ4v) is 3.40. The minimum absolute atomic E-state index is 0.657. The molecule has 4 nitrogen and oxygen atoms in total. The number of nitrogens with zero attached hydrogens (tertiary/aromatic N) is 3. The number of aryl methyl sites for hydroxylation is 1. The van der Waals surface area contributed by atoms with Crippen LogP contribution in [0.3, 0.4) is 0 Å². The summed E-state index contributed by atoms with van der Waals surface area (Å²) < 4.78 is 4.48. The van der Waals surface area contributed by atoms with E-state index in [0.29, 0.717) is 6.04 Å². The minimum atomic E-state index is 0.657. The van der Waals surface area contributed by atoms with Crippen LogP contribution in [0.4, 0.5) is 5.13 Å². The molecule has 0 aromatic carbocycles. The normalized spacial score (nSPS) is 23.5. The summed E-state index contributed by atoms with van der Waals surface area (Å²) in [5, 5.41) is 4.73. The summed E-state index contributed by atoms with van der Waals surface area (Å²) in [5.74, 6) is 1.03. The Bertz CT molecular complexity index is 382. The van der Waals surface area contributed by atoms with Crippen molar-refractivity contribution >= 4 is 16.7 Å². The molecule has 100 valence electrons. The van der Waals surface area contributed by atoms with Crippen molar-refractivity contribution in [1.29, 1.82) is 0 Å². The van der Waals surface area contributed by atoms with Crippen LogP contribution in [-0.2, 0) is 6.42 Å². The molecule has 18 heavy (non-hydrogen) atoms. The molecule has 1 atom stereocenters. The van der Waals surface area contributed by atoms with Gasteiger partial charge in [0.2, 0.25) is 5.13 Å².